The van der Waals surface area contributed by atoms with Crippen molar-refractivity contribution in [1.29, 1.82) is 0 Å². The average Bonchev–Trinajstić information content (AvgIpc) is 2.75. The van der Waals surface area contributed by atoms with Gasteiger partial charge in [-0.1, -0.05) is 30.5 Å². The van der Waals surface area contributed by atoms with Crippen LogP contribution in [0.2, 0.25) is 5.02 Å². The monoisotopic (exact) mass is 252 g/mol. The molecule has 1 aromatic carbocycles. The molecule has 0 atom stereocenters. The zero-order chi connectivity index (χ0) is 12.3. The minimum Gasteiger partial charge on any atom is -0.379 e. The number of rotatable bonds is 3. The number of hydrogen-bond acceptors (Lipinski definition) is 2. The number of hydrogen-bond donors (Lipinski definition) is 2. The minimum absolute atomic E-state index is 0.0817. The number of para-hydroxylation sites is 1. The molecule has 1 saturated carbocycles. The van der Waals surface area contributed by atoms with Crippen LogP contribution >= 0.6 is 11.6 Å². The van der Waals surface area contributed by atoms with E-state index >= 15 is 0 Å². The molecule has 17 heavy (non-hydrogen) atoms. The number of halogens is 1. The summed E-state index contributed by atoms with van der Waals surface area (Å²) in [7, 11) is 0. The zero-order valence-corrected chi connectivity index (χ0v) is 10.7. The van der Waals surface area contributed by atoms with Gasteiger partial charge in [0.25, 0.3) is 0 Å². The van der Waals surface area contributed by atoms with E-state index in [1.165, 1.54) is 32.6 Å². The van der Waals surface area contributed by atoms with Gasteiger partial charge in [-0.25, -0.2) is 0 Å². The van der Waals surface area contributed by atoms with Crippen LogP contribution < -0.4 is 10.6 Å². The zero-order valence-electron chi connectivity index (χ0n) is 9.92. The number of anilines is 2. The Morgan fingerprint density at radius 3 is 2.71 bits per heavy atom. The smallest absolute Gasteiger partial charge is 0.221 e. The van der Waals surface area contributed by atoms with E-state index in [1.54, 1.807) is 0 Å². The van der Waals surface area contributed by atoms with Crippen molar-refractivity contribution in [3.8, 4) is 0 Å². The third-order valence-corrected chi connectivity index (χ3v) is 3.34. The van der Waals surface area contributed by atoms with Gasteiger partial charge in [0.15, 0.2) is 0 Å². The lowest BCUT2D eigenvalue weighted by molar-refractivity contribution is -0.114. The molecule has 0 saturated heterocycles. The summed E-state index contributed by atoms with van der Waals surface area (Å²) in [5.74, 6) is -0.0817. The molecule has 1 aliphatic carbocycles. The Kier molecular flexibility index (Phi) is 3.89. The molecule has 0 heterocycles. The highest BCUT2D eigenvalue weighted by Crippen LogP contribution is 2.33. The predicted molar refractivity (Wildman–Crippen MR) is 71.6 cm³/mol. The molecule has 2 N–H and O–H groups in total. The average molecular weight is 253 g/mol. The molecule has 2 rings (SSSR count). The van der Waals surface area contributed by atoms with Gasteiger partial charge in [-0.15, -0.1) is 0 Å². The van der Waals surface area contributed by atoms with Crippen molar-refractivity contribution in [3.05, 3.63) is 23.2 Å². The first-order valence-corrected chi connectivity index (χ1v) is 6.37. The Morgan fingerprint density at radius 1 is 1.35 bits per heavy atom. The van der Waals surface area contributed by atoms with Crippen LogP contribution in [0.15, 0.2) is 18.2 Å². The summed E-state index contributed by atoms with van der Waals surface area (Å²) in [5, 5.41) is 6.89. The topological polar surface area (TPSA) is 41.1 Å². The maximum Gasteiger partial charge on any atom is 0.221 e. The lowest BCUT2D eigenvalue weighted by atomic mass is 10.2. The second-order valence-electron chi connectivity index (χ2n) is 4.47. The highest BCUT2D eigenvalue weighted by molar-refractivity contribution is 6.34. The van der Waals surface area contributed by atoms with E-state index in [1.807, 2.05) is 18.2 Å². The van der Waals surface area contributed by atoms with Crippen molar-refractivity contribution in [3.63, 3.8) is 0 Å². The van der Waals surface area contributed by atoms with E-state index in [2.05, 4.69) is 10.6 Å². The van der Waals surface area contributed by atoms with E-state index in [0.717, 1.165) is 11.4 Å². The van der Waals surface area contributed by atoms with E-state index in [4.69, 9.17) is 11.6 Å². The standard InChI is InChI=1S/C13H17ClN2O/c1-9(17)15-12-8-4-7-11(14)13(12)16-10-5-2-3-6-10/h4,7-8,10,16H,2-3,5-6H2,1H3,(H,15,17). The van der Waals surface area contributed by atoms with Crippen LogP contribution in [0, 0.1) is 0 Å². The fraction of sp³-hybridized carbons (Fsp3) is 0.462. The quantitative estimate of drug-likeness (QED) is 0.862. The van der Waals surface area contributed by atoms with Crippen molar-refractivity contribution in [2.45, 2.75) is 38.6 Å². The van der Waals surface area contributed by atoms with Gasteiger partial charge in [0.2, 0.25) is 5.91 Å². The normalized spacial score (nSPS) is 15.9. The number of carbonyl (C=O) groups excluding carboxylic acids is 1. The Hall–Kier alpha value is -1.22. The minimum atomic E-state index is -0.0817. The van der Waals surface area contributed by atoms with Crippen molar-refractivity contribution in [2.24, 2.45) is 0 Å². The summed E-state index contributed by atoms with van der Waals surface area (Å²) in [6.45, 7) is 1.50. The Bertz CT molecular complexity index is 414. The van der Waals surface area contributed by atoms with E-state index in [-0.39, 0.29) is 5.91 Å². The summed E-state index contributed by atoms with van der Waals surface area (Å²) >= 11 is 6.18. The summed E-state index contributed by atoms with van der Waals surface area (Å²) in [4.78, 5) is 11.1. The third-order valence-electron chi connectivity index (χ3n) is 3.03. The third kappa shape index (κ3) is 3.13. The van der Waals surface area contributed by atoms with E-state index < -0.39 is 0 Å². The maximum atomic E-state index is 11.1. The van der Waals surface area contributed by atoms with Crippen LogP contribution in [-0.4, -0.2) is 11.9 Å². The van der Waals surface area contributed by atoms with Gasteiger partial charge in [-0.3, -0.25) is 4.79 Å². The van der Waals surface area contributed by atoms with Crippen LogP contribution in [0.5, 0.6) is 0 Å². The Balaban J connectivity index is 2.19. The molecule has 3 nitrogen and oxygen atoms in total. The predicted octanol–water partition coefficient (Wildman–Crippen LogP) is 3.65. The molecule has 0 bridgehead atoms. The van der Waals surface area contributed by atoms with Crippen molar-refractivity contribution in [2.75, 3.05) is 10.6 Å². The molecule has 0 spiro atoms. The molecule has 1 fully saturated rings. The van der Waals surface area contributed by atoms with Gasteiger partial charge in [0.1, 0.15) is 0 Å². The SMILES string of the molecule is CC(=O)Nc1cccc(Cl)c1NC1CCCC1. The van der Waals surface area contributed by atoms with Gasteiger partial charge in [-0.05, 0) is 25.0 Å². The fourth-order valence-corrected chi connectivity index (χ4v) is 2.47. The van der Waals surface area contributed by atoms with Crippen molar-refractivity contribution >= 4 is 28.9 Å². The molecule has 4 heteroatoms. The first-order chi connectivity index (χ1) is 8.16. The van der Waals surface area contributed by atoms with Crippen LogP contribution in [-0.2, 0) is 4.79 Å². The largest absolute Gasteiger partial charge is 0.379 e. The van der Waals surface area contributed by atoms with E-state index in [9.17, 15) is 4.79 Å². The van der Waals surface area contributed by atoms with Gasteiger partial charge in [0.05, 0.1) is 16.4 Å². The van der Waals surface area contributed by atoms with E-state index in [0.29, 0.717) is 11.1 Å². The fourth-order valence-electron chi connectivity index (χ4n) is 2.24. The van der Waals surface area contributed by atoms with Crippen molar-refractivity contribution in [1.82, 2.24) is 0 Å². The van der Waals surface area contributed by atoms with Crippen molar-refractivity contribution < 1.29 is 4.79 Å². The highest BCUT2D eigenvalue weighted by atomic mass is 35.5. The summed E-state index contributed by atoms with van der Waals surface area (Å²) in [6.07, 6.45) is 4.87. The first kappa shape index (κ1) is 12.2. The van der Waals surface area contributed by atoms with Gasteiger partial charge in [-0.2, -0.15) is 0 Å². The Labute approximate surface area is 107 Å². The molecular formula is C13H17ClN2O. The molecule has 0 radical (unpaired) electrons. The van der Waals surface area contributed by atoms with Gasteiger partial charge in [0, 0.05) is 13.0 Å². The molecule has 1 amide bonds. The highest BCUT2D eigenvalue weighted by Gasteiger charge is 2.17. The van der Waals surface area contributed by atoms with Gasteiger partial charge < -0.3 is 10.6 Å². The lowest BCUT2D eigenvalue weighted by Crippen LogP contribution is -2.17. The van der Waals surface area contributed by atoms with Crippen LogP contribution in [0.4, 0.5) is 11.4 Å². The maximum absolute atomic E-state index is 11.1. The van der Waals surface area contributed by atoms with Crippen LogP contribution in [0.25, 0.3) is 0 Å². The summed E-state index contributed by atoms with van der Waals surface area (Å²) in [5.41, 5.74) is 1.60. The number of nitrogens with one attached hydrogen (secondary N) is 2. The van der Waals surface area contributed by atoms with Gasteiger partial charge >= 0.3 is 0 Å². The van der Waals surface area contributed by atoms with Crippen LogP contribution in [0.3, 0.4) is 0 Å². The second-order valence-corrected chi connectivity index (χ2v) is 4.88. The molecule has 92 valence electrons. The molecule has 0 aliphatic heterocycles. The number of amides is 1. The van der Waals surface area contributed by atoms with Crippen LogP contribution in [0.1, 0.15) is 32.6 Å². The molecule has 1 aliphatic rings. The number of benzene rings is 1. The molecule has 0 aromatic heterocycles. The molecular weight excluding hydrogens is 236 g/mol. The Morgan fingerprint density at radius 2 is 2.06 bits per heavy atom. The molecule has 1 aromatic rings. The second kappa shape index (κ2) is 5.41. The summed E-state index contributed by atoms with van der Waals surface area (Å²) < 4.78 is 0. The summed E-state index contributed by atoms with van der Waals surface area (Å²) in [6, 6.07) is 6.02. The first-order valence-electron chi connectivity index (χ1n) is 5.99. The lowest BCUT2D eigenvalue weighted by Gasteiger charge is -2.18. The number of carbonyl (C=O) groups is 1. The molecule has 0 unspecified atom stereocenters.